The summed E-state index contributed by atoms with van der Waals surface area (Å²) in [5.41, 5.74) is 2.73. The third-order valence-electron chi connectivity index (χ3n) is 4.20. The van der Waals surface area contributed by atoms with Gasteiger partial charge in [0.15, 0.2) is 11.5 Å². The van der Waals surface area contributed by atoms with Crippen LogP contribution in [0.5, 0.6) is 0 Å². The fourth-order valence-corrected chi connectivity index (χ4v) is 3.36. The first-order valence-electron chi connectivity index (χ1n) is 7.74. The number of imidazole rings is 1. The topological polar surface area (TPSA) is 61.0 Å². The molecular formula is C15H16AlClN6O. The van der Waals surface area contributed by atoms with Crippen LogP contribution in [0.1, 0.15) is 5.82 Å². The maximum absolute atomic E-state index is 6.04. The second kappa shape index (κ2) is 6.37. The number of aryl methyl sites for hydroxylation is 1. The van der Waals surface area contributed by atoms with Crippen molar-refractivity contribution < 1.29 is 4.74 Å². The number of alkyl halides is 1. The molecular weight excluding hydrogens is 343 g/mol. The monoisotopic (exact) mass is 358 g/mol. The molecule has 3 aromatic rings. The Kier molecular flexibility index (Phi) is 4.23. The van der Waals surface area contributed by atoms with E-state index < -0.39 is 0 Å². The molecule has 0 aromatic carbocycles. The maximum Gasteiger partial charge on any atom is 0.212 e. The molecule has 24 heavy (non-hydrogen) atoms. The summed E-state index contributed by atoms with van der Waals surface area (Å²) in [7, 11) is 1.94. The third-order valence-corrected chi connectivity index (χ3v) is 4.75. The quantitative estimate of drug-likeness (QED) is 0.505. The van der Waals surface area contributed by atoms with Gasteiger partial charge in [0.25, 0.3) is 0 Å². The number of pyridine rings is 1. The summed E-state index contributed by atoms with van der Waals surface area (Å²) in [5, 5.41) is 4.45. The summed E-state index contributed by atoms with van der Waals surface area (Å²) < 4.78 is 10.1. The van der Waals surface area contributed by atoms with E-state index in [1.54, 1.807) is 4.68 Å². The van der Waals surface area contributed by atoms with Gasteiger partial charge in [-0.25, -0.2) is 14.6 Å². The molecule has 0 unspecified atom stereocenters. The summed E-state index contributed by atoms with van der Waals surface area (Å²) >= 11 is 8.63. The van der Waals surface area contributed by atoms with Gasteiger partial charge in [-0.3, -0.25) is 0 Å². The highest BCUT2D eigenvalue weighted by atomic mass is 35.5. The maximum atomic E-state index is 6.04. The molecule has 0 aliphatic carbocycles. The Bertz CT molecular complexity index is 886. The van der Waals surface area contributed by atoms with E-state index in [1.807, 2.05) is 29.9 Å². The van der Waals surface area contributed by atoms with Gasteiger partial charge in [0.05, 0.1) is 24.8 Å². The van der Waals surface area contributed by atoms with Gasteiger partial charge < -0.3 is 14.2 Å². The second-order valence-electron chi connectivity index (χ2n) is 5.68. The Morgan fingerprint density at radius 1 is 1.29 bits per heavy atom. The highest BCUT2D eigenvalue weighted by Crippen LogP contribution is 2.29. The summed E-state index contributed by atoms with van der Waals surface area (Å²) in [5.74, 6) is 1.92. The van der Waals surface area contributed by atoms with Crippen LogP contribution in [0.15, 0.2) is 18.3 Å². The lowest BCUT2D eigenvalue weighted by Crippen LogP contribution is -2.36. The molecule has 7 nitrogen and oxygen atoms in total. The van der Waals surface area contributed by atoms with E-state index >= 15 is 0 Å². The van der Waals surface area contributed by atoms with Gasteiger partial charge in [0, 0.05) is 32.4 Å². The third kappa shape index (κ3) is 2.70. The Hall–Kier alpha value is -1.59. The summed E-state index contributed by atoms with van der Waals surface area (Å²) in [6.45, 7) is 3.09. The van der Waals surface area contributed by atoms with Crippen LogP contribution in [0.4, 0.5) is 5.69 Å². The first-order chi connectivity index (χ1) is 11.7. The lowest BCUT2D eigenvalue weighted by Gasteiger charge is -2.29. The van der Waals surface area contributed by atoms with Gasteiger partial charge in [-0.05, 0) is 10.6 Å². The van der Waals surface area contributed by atoms with E-state index in [2.05, 4.69) is 26.3 Å². The fraction of sp³-hybridized carbons (Fsp3) is 0.400. The van der Waals surface area contributed by atoms with E-state index in [0.717, 1.165) is 46.1 Å². The molecule has 3 aromatic heterocycles. The minimum Gasteiger partial charge on any atom is -0.378 e. The number of rotatable bonds is 3. The first kappa shape index (κ1) is 15.9. The molecule has 4 rings (SSSR count). The minimum atomic E-state index is 0.349. The molecule has 122 valence electrons. The zero-order chi connectivity index (χ0) is 16.7. The standard InChI is InChI=1S/C15H16ClN6O.Al/c1-20-13(10-16)18-14-11(21-5-7-23-8-6-21)9-12(19-15(14)20)22-4-2-3-17-22;/h2,4,9H,5-8,10H2,1H3;. The molecule has 0 bridgehead atoms. The number of hydrogen-bond acceptors (Lipinski definition) is 5. The van der Waals surface area contributed by atoms with E-state index in [9.17, 15) is 0 Å². The lowest BCUT2D eigenvalue weighted by atomic mass is 10.2. The van der Waals surface area contributed by atoms with Crippen molar-refractivity contribution in [1.82, 2.24) is 24.3 Å². The van der Waals surface area contributed by atoms with Crippen LogP contribution in [0.2, 0.25) is 0 Å². The number of hydrogen-bond donors (Lipinski definition) is 0. The molecule has 0 N–H and O–H groups in total. The average Bonchev–Trinajstić information content (AvgIpc) is 3.18. The Labute approximate surface area is 152 Å². The lowest BCUT2D eigenvalue weighted by molar-refractivity contribution is 0.123. The Morgan fingerprint density at radius 3 is 2.75 bits per heavy atom. The van der Waals surface area contributed by atoms with Gasteiger partial charge in [-0.2, -0.15) is 5.10 Å². The normalized spacial score (nSPS) is 15.3. The van der Waals surface area contributed by atoms with Gasteiger partial charge in [0.1, 0.15) is 11.3 Å². The Balaban J connectivity index is 1.93. The predicted molar refractivity (Wildman–Crippen MR) is 93.6 cm³/mol. The summed E-state index contributed by atoms with van der Waals surface area (Å²) in [6, 6.07) is 3.97. The summed E-state index contributed by atoms with van der Waals surface area (Å²) in [6.07, 6.45) is 1.90. The first-order valence-corrected chi connectivity index (χ1v) is 8.85. The van der Waals surface area contributed by atoms with Crippen molar-refractivity contribution in [2.45, 2.75) is 5.88 Å². The largest absolute Gasteiger partial charge is 0.378 e. The van der Waals surface area contributed by atoms with Crippen LogP contribution in [0.3, 0.4) is 0 Å². The molecule has 1 saturated heterocycles. The molecule has 0 saturated carbocycles. The Morgan fingerprint density at radius 2 is 2.08 bits per heavy atom. The van der Waals surface area contributed by atoms with Crippen molar-refractivity contribution in [3.8, 4) is 5.82 Å². The number of morpholine rings is 1. The van der Waals surface area contributed by atoms with Crippen molar-refractivity contribution in [2.24, 2.45) is 7.05 Å². The molecule has 1 fully saturated rings. The van der Waals surface area contributed by atoms with E-state index in [0.29, 0.717) is 19.1 Å². The number of ether oxygens (including phenoxy) is 1. The smallest absolute Gasteiger partial charge is 0.212 e. The predicted octanol–water partition coefficient (Wildman–Crippen LogP) is 0.523. The average molecular weight is 359 g/mol. The van der Waals surface area contributed by atoms with Crippen molar-refractivity contribution >= 4 is 49.3 Å². The number of nitrogens with zero attached hydrogens (tertiary/aromatic N) is 6. The number of aromatic nitrogens is 5. The second-order valence-corrected chi connectivity index (χ2v) is 6.54. The van der Waals surface area contributed by atoms with Crippen LogP contribution in [0.25, 0.3) is 17.0 Å². The van der Waals surface area contributed by atoms with Gasteiger partial charge in [0.2, 0.25) is 16.3 Å². The van der Waals surface area contributed by atoms with E-state index in [1.165, 1.54) is 0 Å². The van der Waals surface area contributed by atoms with Gasteiger partial charge in [-0.15, -0.1) is 11.6 Å². The van der Waals surface area contributed by atoms with Gasteiger partial charge in [-0.1, -0.05) is 0 Å². The van der Waals surface area contributed by atoms with Crippen LogP contribution in [0, 0.1) is 0 Å². The fourth-order valence-electron chi connectivity index (χ4n) is 2.91. The molecule has 1 aliphatic rings. The highest BCUT2D eigenvalue weighted by Gasteiger charge is 2.20. The van der Waals surface area contributed by atoms with Crippen molar-refractivity contribution in [3.63, 3.8) is 0 Å². The van der Waals surface area contributed by atoms with Crippen molar-refractivity contribution in [2.75, 3.05) is 31.2 Å². The van der Waals surface area contributed by atoms with Crippen molar-refractivity contribution in [3.05, 3.63) is 24.2 Å². The van der Waals surface area contributed by atoms with Crippen LogP contribution >= 0.6 is 11.6 Å². The SMILES string of the molecule is Cn1c(CCl)nc2c(N3CCOCC3)cc(-n3cc[c]([Al])n3)nc21. The van der Waals surface area contributed by atoms with Gasteiger partial charge >= 0.3 is 0 Å². The number of anilines is 1. The molecule has 0 spiro atoms. The van der Waals surface area contributed by atoms with Crippen LogP contribution < -0.4 is 9.46 Å². The molecule has 1 aliphatic heterocycles. The molecule has 0 amide bonds. The highest BCUT2D eigenvalue weighted by molar-refractivity contribution is 6.30. The zero-order valence-corrected chi connectivity index (χ0v) is 15.2. The van der Waals surface area contributed by atoms with E-state index in [-0.39, 0.29) is 0 Å². The molecule has 2 radical (unpaired) electrons. The van der Waals surface area contributed by atoms with Crippen molar-refractivity contribution in [1.29, 1.82) is 0 Å². The van der Waals surface area contributed by atoms with Crippen LogP contribution in [-0.4, -0.2) is 66.9 Å². The molecule has 4 heterocycles. The van der Waals surface area contributed by atoms with Crippen LogP contribution in [-0.2, 0) is 17.7 Å². The zero-order valence-electron chi connectivity index (χ0n) is 13.3. The number of fused-ring (bicyclic) bond motifs is 1. The number of halogens is 1. The van der Waals surface area contributed by atoms with E-state index in [4.69, 9.17) is 26.3 Å². The molecule has 0 atom stereocenters. The molecule has 9 heteroatoms. The minimum absolute atomic E-state index is 0.349. The summed E-state index contributed by atoms with van der Waals surface area (Å²) in [4.78, 5) is 11.7.